The molecule has 2 aromatic rings. The fourth-order valence-corrected chi connectivity index (χ4v) is 5.15. The van der Waals surface area contributed by atoms with E-state index in [1.54, 1.807) is 18.2 Å². The Balaban J connectivity index is 0.000000338. The topological polar surface area (TPSA) is 75.6 Å². The Labute approximate surface area is 220 Å². The summed E-state index contributed by atoms with van der Waals surface area (Å²) >= 11 is 6.16. The van der Waals surface area contributed by atoms with Crippen LogP contribution in [0.3, 0.4) is 0 Å². The maximum Gasteiger partial charge on any atom is 0.251 e. The number of benzene rings is 1. The number of halogens is 1. The van der Waals surface area contributed by atoms with Crippen LogP contribution < -0.4 is 20.8 Å². The molecule has 1 aromatic heterocycles. The van der Waals surface area contributed by atoms with Gasteiger partial charge in [0.15, 0.2) is 5.43 Å². The highest BCUT2D eigenvalue weighted by molar-refractivity contribution is 6.31. The zero-order valence-electron chi connectivity index (χ0n) is 22.4. The number of fused-ring (bicyclic) bond motifs is 1. The quantitative estimate of drug-likeness (QED) is 0.555. The number of hydrogen-bond donors (Lipinski definition) is 2. The van der Waals surface area contributed by atoms with Crippen LogP contribution in [-0.2, 0) is 13.1 Å². The molecule has 1 saturated carbocycles. The largest absolute Gasteiger partial charge is 0.478 e. The minimum atomic E-state index is -0.274. The molecule has 2 N–H and O–H groups in total. The third-order valence-electron chi connectivity index (χ3n) is 7.05. The van der Waals surface area contributed by atoms with Crippen molar-refractivity contribution in [1.29, 1.82) is 0 Å². The minimum Gasteiger partial charge on any atom is -0.478 e. The molecule has 1 aliphatic heterocycles. The van der Waals surface area contributed by atoms with Gasteiger partial charge in [-0.25, -0.2) is 0 Å². The number of ether oxygens (including phenoxy) is 1. The third kappa shape index (κ3) is 7.04. The molecule has 0 bridgehead atoms. The summed E-state index contributed by atoms with van der Waals surface area (Å²) in [4.78, 5) is 27.6. The highest BCUT2D eigenvalue weighted by atomic mass is 35.5. The Morgan fingerprint density at radius 1 is 1.14 bits per heavy atom. The van der Waals surface area contributed by atoms with Crippen molar-refractivity contribution in [2.24, 2.45) is 0 Å². The van der Waals surface area contributed by atoms with Gasteiger partial charge in [-0.1, -0.05) is 30.9 Å². The van der Waals surface area contributed by atoms with Crippen LogP contribution in [0.5, 0.6) is 5.88 Å². The molecule has 4 rings (SSSR count). The normalized spacial score (nSPS) is 15.4. The molecule has 7 nitrogen and oxygen atoms in total. The van der Waals surface area contributed by atoms with Gasteiger partial charge in [-0.2, -0.15) is 0 Å². The van der Waals surface area contributed by atoms with E-state index >= 15 is 0 Å². The van der Waals surface area contributed by atoms with E-state index in [9.17, 15) is 9.59 Å². The molecule has 1 aliphatic carbocycles. The molecular weight excluding hydrogens is 476 g/mol. The van der Waals surface area contributed by atoms with Crippen LogP contribution in [0, 0.1) is 13.8 Å². The molecule has 2 heterocycles. The number of carbonyl (C=O) groups is 1. The molecule has 1 amide bonds. The fraction of sp³-hybridized carbons (Fsp3) is 0.571. The molecular formula is C28H41ClN4O3. The Kier molecular flexibility index (Phi) is 10.3. The number of hydrogen-bond acceptors (Lipinski definition) is 5. The summed E-state index contributed by atoms with van der Waals surface area (Å²) in [6, 6.07) is 5.92. The number of pyridine rings is 1. The first-order valence-corrected chi connectivity index (χ1v) is 13.5. The molecule has 1 aromatic carbocycles. The number of nitrogens with one attached hydrogen (secondary N) is 2. The molecule has 0 saturated heterocycles. The highest BCUT2D eigenvalue weighted by Gasteiger charge is 2.20. The van der Waals surface area contributed by atoms with Gasteiger partial charge < -0.3 is 24.8 Å². The van der Waals surface area contributed by atoms with Gasteiger partial charge in [0, 0.05) is 47.2 Å². The lowest BCUT2D eigenvalue weighted by Gasteiger charge is -2.27. The van der Waals surface area contributed by atoms with Crippen LogP contribution in [0.4, 0.5) is 5.69 Å². The first-order chi connectivity index (χ1) is 17.2. The molecule has 36 heavy (non-hydrogen) atoms. The van der Waals surface area contributed by atoms with Crippen molar-refractivity contribution >= 4 is 23.2 Å². The van der Waals surface area contributed by atoms with E-state index in [0.717, 1.165) is 42.5 Å². The first-order valence-electron chi connectivity index (χ1n) is 13.1. The lowest BCUT2D eigenvalue weighted by atomic mass is 9.95. The molecule has 0 radical (unpaired) electrons. The summed E-state index contributed by atoms with van der Waals surface area (Å²) in [6.45, 7) is 7.95. The Hall–Kier alpha value is -2.51. The predicted octanol–water partition coefficient (Wildman–Crippen LogP) is 5.14. The number of amides is 1. The maximum atomic E-state index is 12.7. The van der Waals surface area contributed by atoms with Gasteiger partial charge in [-0.05, 0) is 71.8 Å². The second-order valence-corrected chi connectivity index (χ2v) is 10.3. The van der Waals surface area contributed by atoms with Crippen LogP contribution >= 0.6 is 11.6 Å². The number of aryl methyl sites for hydroxylation is 1. The average molecular weight is 517 g/mol. The van der Waals surface area contributed by atoms with Gasteiger partial charge in [0.1, 0.15) is 0 Å². The van der Waals surface area contributed by atoms with Crippen molar-refractivity contribution in [1.82, 2.24) is 14.8 Å². The Morgan fingerprint density at radius 3 is 2.50 bits per heavy atom. The first kappa shape index (κ1) is 28.1. The van der Waals surface area contributed by atoms with Crippen molar-refractivity contribution in [3.05, 3.63) is 55.8 Å². The van der Waals surface area contributed by atoms with Crippen LogP contribution in [0.2, 0.25) is 5.02 Å². The van der Waals surface area contributed by atoms with E-state index in [1.807, 2.05) is 25.3 Å². The number of carbonyl (C=O) groups excluding carboxylic acids is 1. The van der Waals surface area contributed by atoms with Gasteiger partial charge in [-0.3, -0.25) is 9.59 Å². The van der Waals surface area contributed by atoms with Crippen molar-refractivity contribution < 1.29 is 9.53 Å². The molecule has 8 heteroatoms. The van der Waals surface area contributed by atoms with Crippen LogP contribution in [0.15, 0.2) is 23.0 Å². The van der Waals surface area contributed by atoms with Crippen molar-refractivity contribution in [2.75, 3.05) is 32.6 Å². The predicted molar refractivity (Wildman–Crippen MR) is 148 cm³/mol. The number of nitrogens with zero attached hydrogens (tertiary/aromatic N) is 2. The molecule has 0 spiro atoms. The monoisotopic (exact) mass is 516 g/mol. The van der Waals surface area contributed by atoms with Gasteiger partial charge in [-0.15, -0.1) is 0 Å². The molecule has 0 unspecified atom stereocenters. The number of rotatable bonds is 6. The molecule has 198 valence electrons. The van der Waals surface area contributed by atoms with E-state index in [2.05, 4.69) is 29.6 Å². The summed E-state index contributed by atoms with van der Waals surface area (Å²) in [7, 11) is 4.38. The summed E-state index contributed by atoms with van der Waals surface area (Å²) in [5.74, 6) is 0.284. The number of anilines is 1. The van der Waals surface area contributed by atoms with Crippen molar-refractivity contribution in [3.63, 3.8) is 0 Å². The second-order valence-electron chi connectivity index (χ2n) is 9.88. The van der Waals surface area contributed by atoms with E-state index in [1.165, 1.54) is 32.1 Å². The van der Waals surface area contributed by atoms with Crippen LogP contribution in [-0.4, -0.2) is 48.7 Å². The van der Waals surface area contributed by atoms with Crippen LogP contribution in [0.1, 0.15) is 72.6 Å². The molecule has 2 aliphatic rings. The van der Waals surface area contributed by atoms with Gasteiger partial charge in [0.05, 0.1) is 18.7 Å². The zero-order chi connectivity index (χ0) is 26.2. The standard InChI is InChI=1S/C20H24ClN3O3.C8H17N/c1-4-22-17-10-14(21)9-15(13(17)3)19(26)23-11-16-18(25)8-12(2)24-6-5-7-27-20(16)24;1-9(2)8-6-4-3-5-7-8/h8-10,22H,4-7,11H2,1-3H3,(H,23,26);8H,3-7H2,1-2H3. The highest BCUT2D eigenvalue weighted by Crippen LogP contribution is 2.26. The SMILES string of the molecule is CCNc1cc(Cl)cc(C(=O)NCc2c3n(c(C)cc2=O)CCCO3)c1C.CN(C)C1CCCCC1. The van der Waals surface area contributed by atoms with Gasteiger partial charge in [0.25, 0.3) is 5.91 Å². The molecule has 0 atom stereocenters. The van der Waals surface area contributed by atoms with Gasteiger partial charge >= 0.3 is 0 Å². The second kappa shape index (κ2) is 13.2. The zero-order valence-corrected chi connectivity index (χ0v) is 23.1. The average Bonchev–Trinajstić information content (AvgIpc) is 2.87. The van der Waals surface area contributed by atoms with Gasteiger partial charge in [0.2, 0.25) is 5.88 Å². The summed E-state index contributed by atoms with van der Waals surface area (Å²) in [6.07, 6.45) is 8.10. The number of aromatic nitrogens is 1. The van der Waals surface area contributed by atoms with Crippen molar-refractivity contribution in [3.8, 4) is 5.88 Å². The molecule has 1 fully saturated rings. The summed E-state index contributed by atoms with van der Waals surface area (Å²) < 4.78 is 7.72. The van der Waals surface area contributed by atoms with E-state index in [0.29, 0.717) is 28.6 Å². The van der Waals surface area contributed by atoms with E-state index in [4.69, 9.17) is 16.3 Å². The van der Waals surface area contributed by atoms with Crippen LogP contribution in [0.25, 0.3) is 0 Å². The fourth-order valence-electron chi connectivity index (χ4n) is 4.93. The summed E-state index contributed by atoms with van der Waals surface area (Å²) in [5, 5.41) is 6.53. The Bertz CT molecular complexity index is 1110. The van der Waals surface area contributed by atoms with Crippen molar-refractivity contribution in [2.45, 2.75) is 78.4 Å². The smallest absolute Gasteiger partial charge is 0.251 e. The lowest BCUT2D eigenvalue weighted by Crippen LogP contribution is -2.30. The summed E-state index contributed by atoms with van der Waals surface area (Å²) in [5.41, 5.74) is 3.34. The maximum absolute atomic E-state index is 12.7. The third-order valence-corrected chi connectivity index (χ3v) is 7.26. The lowest BCUT2D eigenvalue weighted by molar-refractivity contribution is 0.0949. The minimum absolute atomic E-state index is 0.107. The Morgan fingerprint density at radius 2 is 1.86 bits per heavy atom. The van der Waals surface area contributed by atoms with E-state index in [-0.39, 0.29) is 17.9 Å². The van der Waals surface area contributed by atoms with E-state index < -0.39 is 0 Å².